The van der Waals surface area contributed by atoms with Gasteiger partial charge in [0.25, 0.3) is 0 Å². The van der Waals surface area contributed by atoms with Crippen molar-refractivity contribution >= 4 is 16.9 Å². The summed E-state index contributed by atoms with van der Waals surface area (Å²) in [5.41, 5.74) is 1.71. The summed E-state index contributed by atoms with van der Waals surface area (Å²) in [6.07, 6.45) is 8.28. The molecule has 0 unspecified atom stereocenters. The molecule has 19 heavy (non-hydrogen) atoms. The molecule has 2 rings (SSSR count). The van der Waals surface area contributed by atoms with Gasteiger partial charge < -0.3 is 0 Å². The quantitative estimate of drug-likeness (QED) is 0.851. The van der Waals surface area contributed by atoms with Crippen molar-refractivity contribution in [2.75, 3.05) is 0 Å². The Balaban J connectivity index is 2.31. The Hall–Kier alpha value is -1.95. The molecule has 2 aromatic heterocycles. The van der Waals surface area contributed by atoms with Crippen LogP contribution < -0.4 is 5.76 Å². The Morgan fingerprint density at radius 3 is 3.05 bits per heavy atom. The molecule has 2 heterocycles. The van der Waals surface area contributed by atoms with Gasteiger partial charge in [0, 0.05) is 11.0 Å². The van der Waals surface area contributed by atoms with E-state index in [0.29, 0.717) is 11.5 Å². The van der Waals surface area contributed by atoms with Gasteiger partial charge >= 0.3 is 5.76 Å². The van der Waals surface area contributed by atoms with E-state index in [0.717, 1.165) is 23.4 Å². The van der Waals surface area contributed by atoms with Crippen LogP contribution in [0.1, 0.15) is 31.7 Å². The number of hydrogen-bond acceptors (Lipinski definition) is 5. The predicted molar refractivity (Wildman–Crippen MR) is 75.9 cm³/mol. The van der Waals surface area contributed by atoms with Crippen LogP contribution in [0.15, 0.2) is 32.9 Å². The Kier molecular flexibility index (Phi) is 4.46. The number of hydrogen-bond donors (Lipinski definition) is 1. The summed E-state index contributed by atoms with van der Waals surface area (Å²) >= 11 is 1.52. The smallest absolute Gasteiger partial charge is 0.296 e. The lowest BCUT2D eigenvalue weighted by atomic mass is 10.2. The third-order valence-electron chi connectivity index (χ3n) is 2.43. The van der Waals surface area contributed by atoms with Crippen LogP contribution in [0.2, 0.25) is 0 Å². The minimum absolute atomic E-state index is 0.364. The summed E-state index contributed by atoms with van der Waals surface area (Å²) in [6.45, 7) is 4.11. The van der Waals surface area contributed by atoms with Gasteiger partial charge in [-0.2, -0.15) is 0 Å². The zero-order valence-electron chi connectivity index (χ0n) is 10.8. The summed E-state index contributed by atoms with van der Waals surface area (Å²) in [6, 6.07) is 0. The average molecular weight is 277 g/mol. The lowest BCUT2D eigenvalue weighted by molar-refractivity contribution is 0.388. The lowest BCUT2D eigenvalue weighted by Gasteiger charge is -1.96. The van der Waals surface area contributed by atoms with Crippen LogP contribution in [0.3, 0.4) is 0 Å². The molecule has 0 radical (unpaired) electrons. The molecule has 1 N–H and O–H groups in total. The minimum atomic E-state index is -0.570. The molecule has 0 fully saturated rings. The highest BCUT2D eigenvalue weighted by molar-refractivity contribution is 7.11. The number of rotatable bonds is 5. The zero-order valence-corrected chi connectivity index (χ0v) is 11.7. The Labute approximate surface area is 114 Å². The average Bonchev–Trinajstić information content (AvgIpc) is 3.03. The van der Waals surface area contributed by atoms with Crippen LogP contribution in [0.4, 0.5) is 0 Å². The van der Waals surface area contributed by atoms with E-state index in [-0.39, 0.29) is 0 Å². The van der Waals surface area contributed by atoms with Gasteiger partial charge in [0.05, 0.1) is 0 Å². The summed E-state index contributed by atoms with van der Waals surface area (Å²) in [5, 5.41) is 6.39. The molecule has 0 aliphatic rings. The highest BCUT2D eigenvalue weighted by Gasteiger charge is 2.10. The molecule has 0 spiro atoms. The first-order valence-corrected chi connectivity index (χ1v) is 6.97. The molecule has 100 valence electrons. The monoisotopic (exact) mass is 277 g/mol. The van der Waals surface area contributed by atoms with Crippen LogP contribution in [-0.4, -0.2) is 15.1 Å². The molecular weight excluding hydrogens is 262 g/mol. The van der Waals surface area contributed by atoms with Crippen LogP contribution in [0.5, 0.6) is 0 Å². The van der Waals surface area contributed by atoms with Gasteiger partial charge in [0.15, 0.2) is 0 Å². The van der Waals surface area contributed by atoms with Crippen molar-refractivity contribution in [3.63, 3.8) is 0 Å². The van der Waals surface area contributed by atoms with E-state index in [9.17, 15) is 4.79 Å². The van der Waals surface area contributed by atoms with Gasteiger partial charge in [-0.1, -0.05) is 36.7 Å². The van der Waals surface area contributed by atoms with Crippen LogP contribution in [-0.2, 0) is 0 Å². The third-order valence-corrected chi connectivity index (χ3v) is 3.32. The van der Waals surface area contributed by atoms with Crippen LogP contribution >= 0.6 is 11.3 Å². The van der Waals surface area contributed by atoms with Gasteiger partial charge in [-0.25, -0.2) is 9.78 Å². The van der Waals surface area contributed by atoms with E-state index in [1.165, 1.54) is 11.3 Å². The predicted octanol–water partition coefficient (Wildman–Crippen LogP) is 3.25. The highest BCUT2D eigenvalue weighted by Crippen LogP contribution is 2.25. The Morgan fingerprint density at radius 1 is 1.58 bits per heavy atom. The maximum absolute atomic E-state index is 10.9. The number of nitrogens with zero attached hydrogens (tertiary/aromatic N) is 2. The zero-order chi connectivity index (χ0) is 13.7. The van der Waals surface area contributed by atoms with Crippen LogP contribution in [0, 0.1) is 0 Å². The molecule has 0 bridgehead atoms. The van der Waals surface area contributed by atoms with Crippen LogP contribution in [0.25, 0.3) is 17.1 Å². The molecule has 0 aliphatic carbocycles. The highest BCUT2D eigenvalue weighted by atomic mass is 32.1. The van der Waals surface area contributed by atoms with E-state index in [4.69, 9.17) is 0 Å². The molecule has 0 aliphatic heterocycles. The molecule has 2 aromatic rings. The van der Waals surface area contributed by atoms with Gasteiger partial charge in [-0.3, -0.25) is 9.51 Å². The SMILES string of the molecule is C/C=C\C(=C/CCC)c1nc(-c2noc(=O)[nH]2)cs1. The fourth-order valence-electron chi connectivity index (χ4n) is 1.56. The normalized spacial score (nSPS) is 12.4. The first kappa shape index (κ1) is 13.5. The van der Waals surface area contributed by atoms with E-state index in [1.54, 1.807) is 0 Å². The van der Waals surface area contributed by atoms with Crippen molar-refractivity contribution in [3.8, 4) is 11.5 Å². The second-order valence-electron chi connectivity index (χ2n) is 3.93. The van der Waals surface area contributed by atoms with E-state index >= 15 is 0 Å². The lowest BCUT2D eigenvalue weighted by Crippen LogP contribution is -1.94. The largest absolute Gasteiger partial charge is 0.439 e. The summed E-state index contributed by atoms with van der Waals surface area (Å²) < 4.78 is 4.48. The van der Waals surface area contributed by atoms with Crippen molar-refractivity contribution in [1.82, 2.24) is 15.1 Å². The second-order valence-corrected chi connectivity index (χ2v) is 4.79. The fourth-order valence-corrected chi connectivity index (χ4v) is 2.39. The van der Waals surface area contributed by atoms with Gasteiger partial charge in [0.2, 0.25) is 5.82 Å². The fraction of sp³-hybridized carbons (Fsp3) is 0.308. The van der Waals surface area contributed by atoms with Crippen molar-refractivity contribution in [3.05, 3.63) is 39.2 Å². The molecular formula is C13H15N3O2S. The van der Waals surface area contributed by atoms with Gasteiger partial charge in [0.1, 0.15) is 10.7 Å². The maximum Gasteiger partial charge on any atom is 0.439 e. The molecule has 6 heteroatoms. The number of thiazole rings is 1. The third kappa shape index (κ3) is 3.29. The molecule has 0 saturated heterocycles. The standard InChI is InChI=1S/C13H15N3O2S/c1-3-5-7-9(6-4-2)12-14-10(8-19-12)11-15-13(17)18-16-11/h4,6-8H,3,5H2,1-2H3,(H,15,16,17)/b6-4-,9-7+. The Morgan fingerprint density at radius 2 is 2.42 bits per heavy atom. The summed E-state index contributed by atoms with van der Waals surface area (Å²) in [7, 11) is 0. The second kappa shape index (κ2) is 6.29. The topological polar surface area (TPSA) is 71.8 Å². The summed E-state index contributed by atoms with van der Waals surface area (Å²) in [4.78, 5) is 17.9. The van der Waals surface area contributed by atoms with Gasteiger partial charge in [-0.15, -0.1) is 11.3 Å². The number of allylic oxidation sites excluding steroid dienone is 4. The molecule has 0 saturated carbocycles. The Bertz CT molecular complexity index is 649. The molecule has 0 aromatic carbocycles. The first-order chi connectivity index (χ1) is 9.24. The van der Waals surface area contributed by atoms with E-state index < -0.39 is 5.76 Å². The number of aromatic amines is 1. The van der Waals surface area contributed by atoms with Crippen molar-refractivity contribution in [1.29, 1.82) is 0 Å². The minimum Gasteiger partial charge on any atom is -0.296 e. The molecule has 0 atom stereocenters. The van der Waals surface area contributed by atoms with E-state index in [1.807, 2.05) is 24.5 Å². The van der Waals surface area contributed by atoms with Gasteiger partial charge in [-0.05, 0) is 13.3 Å². The van der Waals surface area contributed by atoms with Crippen molar-refractivity contribution < 1.29 is 4.52 Å². The number of aromatic nitrogens is 3. The maximum atomic E-state index is 10.9. The number of H-pyrrole nitrogens is 1. The summed E-state index contributed by atoms with van der Waals surface area (Å²) in [5.74, 6) is -0.206. The van der Waals surface area contributed by atoms with Crippen molar-refractivity contribution in [2.24, 2.45) is 0 Å². The van der Waals surface area contributed by atoms with E-state index in [2.05, 4.69) is 32.6 Å². The molecule has 5 nitrogen and oxygen atoms in total. The molecule has 0 amide bonds. The first-order valence-electron chi connectivity index (χ1n) is 6.09. The number of unbranched alkanes of at least 4 members (excludes halogenated alkanes) is 1. The number of nitrogens with one attached hydrogen (secondary N) is 1. The van der Waals surface area contributed by atoms with Crippen molar-refractivity contribution in [2.45, 2.75) is 26.7 Å².